The number of nitrogens with zero attached hydrogens (tertiary/aromatic N) is 1. The van der Waals surface area contributed by atoms with Crippen molar-refractivity contribution < 1.29 is 18.6 Å². The van der Waals surface area contributed by atoms with Gasteiger partial charge in [0.25, 0.3) is 0 Å². The standard InChI is InChI=1S/C14H22N2O4S/c17-9-7-16(8-10-18)21(19,20)14-5-1-12(2-6-14)11-15-13-3-4-13/h1-2,5-6,13,15,17-18H,3-4,7-11H2. The van der Waals surface area contributed by atoms with Gasteiger partial charge in [-0.3, -0.25) is 0 Å². The Labute approximate surface area is 125 Å². The van der Waals surface area contributed by atoms with E-state index in [0.29, 0.717) is 6.04 Å². The van der Waals surface area contributed by atoms with Gasteiger partial charge < -0.3 is 15.5 Å². The summed E-state index contributed by atoms with van der Waals surface area (Å²) < 4.78 is 25.9. The minimum atomic E-state index is -3.67. The van der Waals surface area contributed by atoms with Crippen molar-refractivity contribution in [2.75, 3.05) is 26.3 Å². The molecule has 1 aromatic rings. The fraction of sp³-hybridized carbons (Fsp3) is 0.571. The van der Waals surface area contributed by atoms with Crippen LogP contribution in [-0.4, -0.2) is 55.3 Å². The van der Waals surface area contributed by atoms with E-state index in [-0.39, 0.29) is 31.2 Å². The van der Waals surface area contributed by atoms with Crippen molar-refractivity contribution in [1.82, 2.24) is 9.62 Å². The lowest BCUT2D eigenvalue weighted by atomic mass is 10.2. The van der Waals surface area contributed by atoms with E-state index >= 15 is 0 Å². The van der Waals surface area contributed by atoms with Crippen LogP contribution in [0, 0.1) is 0 Å². The molecule has 0 atom stereocenters. The van der Waals surface area contributed by atoms with Gasteiger partial charge in [0.05, 0.1) is 18.1 Å². The molecule has 1 fully saturated rings. The lowest BCUT2D eigenvalue weighted by molar-refractivity contribution is 0.217. The molecule has 1 saturated carbocycles. The van der Waals surface area contributed by atoms with Crippen LogP contribution in [0.2, 0.25) is 0 Å². The van der Waals surface area contributed by atoms with Gasteiger partial charge in [-0.25, -0.2) is 8.42 Å². The predicted octanol–water partition coefficient (Wildman–Crippen LogP) is -0.0861. The van der Waals surface area contributed by atoms with Crippen molar-refractivity contribution in [3.63, 3.8) is 0 Å². The highest BCUT2D eigenvalue weighted by Crippen LogP contribution is 2.20. The SMILES string of the molecule is O=S(=O)(c1ccc(CNC2CC2)cc1)N(CCO)CCO. The summed E-state index contributed by atoms with van der Waals surface area (Å²) in [5.74, 6) is 0. The average Bonchev–Trinajstić information content (AvgIpc) is 3.29. The monoisotopic (exact) mass is 314 g/mol. The second-order valence-corrected chi connectivity index (χ2v) is 7.09. The van der Waals surface area contributed by atoms with Crippen molar-refractivity contribution in [1.29, 1.82) is 0 Å². The first kappa shape index (κ1) is 16.4. The Bertz CT molecular complexity index is 535. The van der Waals surface area contributed by atoms with Gasteiger partial charge in [0.1, 0.15) is 0 Å². The van der Waals surface area contributed by atoms with E-state index in [2.05, 4.69) is 5.32 Å². The molecule has 0 aliphatic heterocycles. The van der Waals surface area contributed by atoms with E-state index in [9.17, 15) is 8.42 Å². The molecule has 0 aromatic heterocycles. The quantitative estimate of drug-likeness (QED) is 0.593. The van der Waals surface area contributed by atoms with E-state index < -0.39 is 10.0 Å². The van der Waals surface area contributed by atoms with Gasteiger partial charge >= 0.3 is 0 Å². The molecular weight excluding hydrogens is 292 g/mol. The Kier molecular flexibility index (Phi) is 5.72. The second kappa shape index (κ2) is 7.33. The number of hydrogen-bond acceptors (Lipinski definition) is 5. The fourth-order valence-corrected chi connectivity index (χ4v) is 3.48. The zero-order valence-corrected chi connectivity index (χ0v) is 12.7. The third-order valence-corrected chi connectivity index (χ3v) is 5.35. The lowest BCUT2D eigenvalue weighted by Gasteiger charge is -2.20. The van der Waals surface area contributed by atoms with E-state index in [1.165, 1.54) is 12.8 Å². The van der Waals surface area contributed by atoms with Gasteiger partial charge in [-0.15, -0.1) is 0 Å². The molecule has 0 heterocycles. The Morgan fingerprint density at radius 2 is 1.67 bits per heavy atom. The minimum absolute atomic E-state index is 0.0200. The minimum Gasteiger partial charge on any atom is -0.395 e. The van der Waals surface area contributed by atoms with E-state index in [0.717, 1.165) is 16.4 Å². The Balaban J connectivity index is 2.06. The van der Waals surface area contributed by atoms with E-state index in [1.807, 2.05) is 0 Å². The van der Waals surface area contributed by atoms with Crippen LogP contribution in [0.25, 0.3) is 0 Å². The zero-order valence-electron chi connectivity index (χ0n) is 11.9. The summed E-state index contributed by atoms with van der Waals surface area (Å²) in [6.45, 7) is 0.148. The van der Waals surface area contributed by atoms with Crippen molar-refractivity contribution in [3.05, 3.63) is 29.8 Å². The predicted molar refractivity (Wildman–Crippen MR) is 79.2 cm³/mol. The number of rotatable bonds is 9. The van der Waals surface area contributed by atoms with Crippen LogP contribution in [-0.2, 0) is 16.6 Å². The van der Waals surface area contributed by atoms with Crippen molar-refractivity contribution >= 4 is 10.0 Å². The summed E-state index contributed by atoms with van der Waals surface area (Å²) >= 11 is 0. The average molecular weight is 314 g/mol. The van der Waals surface area contributed by atoms with Crippen LogP contribution in [0.4, 0.5) is 0 Å². The van der Waals surface area contributed by atoms with Crippen LogP contribution in [0.5, 0.6) is 0 Å². The van der Waals surface area contributed by atoms with Crippen LogP contribution in [0.15, 0.2) is 29.2 Å². The molecular formula is C14H22N2O4S. The number of aliphatic hydroxyl groups is 2. The topological polar surface area (TPSA) is 89.9 Å². The number of hydrogen-bond donors (Lipinski definition) is 3. The molecule has 6 nitrogen and oxygen atoms in total. The van der Waals surface area contributed by atoms with E-state index in [1.54, 1.807) is 24.3 Å². The summed E-state index contributed by atoms with van der Waals surface area (Å²) in [6, 6.07) is 7.33. The van der Waals surface area contributed by atoms with Crippen LogP contribution >= 0.6 is 0 Å². The highest BCUT2D eigenvalue weighted by atomic mass is 32.2. The molecule has 7 heteroatoms. The maximum absolute atomic E-state index is 12.4. The van der Waals surface area contributed by atoms with Crippen LogP contribution in [0.3, 0.4) is 0 Å². The number of benzene rings is 1. The van der Waals surface area contributed by atoms with Gasteiger partial charge in [0.15, 0.2) is 0 Å². The molecule has 0 bridgehead atoms. The first-order chi connectivity index (χ1) is 10.1. The van der Waals surface area contributed by atoms with Gasteiger partial charge in [-0.05, 0) is 30.5 Å². The summed E-state index contributed by atoms with van der Waals surface area (Å²) in [7, 11) is -3.67. The molecule has 2 rings (SSSR count). The highest BCUT2D eigenvalue weighted by Gasteiger charge is 2.23. The summed E-state index contributed by atoms with van der Waals surface area (Å²) in [5, 5.41) is 21.3. The second-order valence-electron chi connectivity index (χ2n) is 5.15. The molecule has 118 valence electrons. The summed E-state index contributed by atoms with van der Waals surface area (Å²) in [5.41, 5.74) is 1.04. The van der Waals surface area contributed by atoms with Gasteiger partial charge in [0, 0.05) is 25.7 Å². The maximum atomic E-state index is 12.4. The number of sulfonamides is 1. The zero-order chi connectivity index (χ0) is 15.3. The molecule has 0 saturated heterocycles. The molecule has 0 spiro atoms. The third-order valence-electron chi connectivity index (χ3n) is 3.43. The third kappa shape index (κ3) is 4.49. The first-order valence-electron chi connectivity index (χ1n) is 7.12. The van der Waals surface area contributed by atoms with Crippen molar-refractivity contribution in [2.45, 2.75) is 30.3 Å². The molecule has 0 unspecified atom stereocenters. The Hall–Kier alpha value is -0.990. The van der Waals surface area contributed by atoms with Crippen LogP contribution in [0.1, 0.15) is 18.4 Å². The number of aliphatic hydroxyl groups excluding tert-OH is 2. The fourth-order valence-electron chi connectivity index (χ4n) is 2.05. The molecule has 21 heavy (non-hydrogen) atoms. The maximum Gasteiger partial charge on any atom is 0.243 e. The van der Waals surface area contributed by atoms with Crippen molar-refractivity contribution in [2.24, 2.45) is 0 Å². The van der Waals surface area contributed by atoms with Crippen LogP contribution < -0.4 is 5.32 Å². The van der Waals surface area contributed by atoms with Gasteiger partial charge in [-0.2, -0.15) is 4.31 Å². The Morgan fingerprint density at radius 1 is 1.10 bits per heavy atom. The normalized spacial score (nSPS) is 15.6. The van der Waals surface area contributed by atoms with Gasteiger partial charge in [0.2, 0.25) is 10.0 Å². The van der Waals surface area contributed by atoms with Crippen molar-refractivity contribution in [3.8, 4) is 0 Å². The molecule has 0 amide bonds. The molecule has 0 radical (unpaired) electrons. The van der Waals surface area contributed by atoms with E-state index in [4.69, 9.17) is 10.2 Å². The summed E-state index contributed by atoms with van der Waals surface area (Å²) in [6.07, 6.45) is 2.42. The lowest BCUT2D eigenvalue weighted by Crippen LogP contribution is -2.35. The Morgan fingerprint density at radius 3 is 2.14 bits per heavy atom. The van der Waals surface area contributed by atoms with Gasteiger partial charge in [-0.1, -0.05) is 12.1 Å². The number of nitrogens with one attached hydrogen (secondary N) is 1. The summed E-state index contributed by atoms with van der Waals surface area (Å²) in [4.78, 5) is 0.180. The largest absolute Gasteiger partial charge is 0.395 e. The molecule has 1 aliphatic carbocycles. The smallest absolute Gasteiger partial charge is 0.243 e. The highest BCUT2D eigenvalue weighted by molar-refractivity contribution is 7.89. The first-order valence-corrected chi connectivity index (χ1v) is 8.56. The molecule has 1 aliphatic rings. The molecule has 1 aromatic carbocycles. The molecule has 3 N–H and O–H groups in total.